The van der Waals surface area contributed by atoms with Crippen molar-refractivity contribution in [3.63, 3.8) is 0 Å². The van der Waals surface area contributed by atoms with Crippen LogP contribution in [0, 0.1) is 0 Å². The Morgan fingerprint density at radius 3 is 2.20 bits per heavy atom. The van der Waals surface area contributed by atoms with Gasteiger partial charge in [0.1, 0.15) is 5.75 Å². The zero-order chi connectivity index (χ0) is 14.5. The van der Waals surface area contributed by atoms with Gasteiger partial charge in [0.2, 0.25) is 0 Å². The molecule has 0 aliphatic rings. The van der Waals surface area contributed by atoms with Gasteiger partial charge in [-0.25, -0.2) is 0 Å². The van der Waals surface area contributed by atoms with Gasteiger partial charge in [-0.3, -0.25) is 4.79 Å². The quantitative estimate of drug-likeness (QED) is 0.693. The molecule has 0 saturated heterocycles. The number of carbonyl (C=O) groups excluding carboxylic acids is 1. The van der Waals surface area contributed by atoms with Gasteiger partial charge >= 0.3 is 0 Å². The smallest absolute Gasteiger partial charge is 0.262 e. The molecule has 1 N–H and O–H groups in total. The Balaban J connectivity index is 1.98. The van der Waals surface area contributed by atoms with Crippen LogP contribution in [-0.4, -0.2) is 12.5 Å². The van der Waals surface area contributed by atoms with Gasteiger partial charge in [-0.1, -0.05) is 18.2 Å². The third-order valence-electron chi connectivity index (χ3n) is 2.41. The Morgan fingerprint density at radius 2 is 1.55 bits per heavy atom. The topological polar surface area (TPSA) is 38.3 Å². The summed E-state index contributed by atoms with van der Waals surface area (Å²) in [5.41, 5.74) is 0.715. The molecule has 3 nitrogen and oxygen atoms in total. The zero-order valence-corrected chi connectivity index (χ0v) is 15.0. The van der Waals surface area contributed by atoms with Crippen LogP contribution in [0.4, 0.5) is 5.69 Å². The van der Waals surface area contributed by atoms with Crippen molar-refractivity contribution in [2.75, 3.05) is 11.9 Å². The van der Waals surface area contributed by atoms with Crippen molar-refractivity contribution < 1.29 is 9.53 Å². The highest BCUT2D eigenvalue weighted by Crippen LogP contribution is 2.32. The molecule has 0 heterocycles. The molecule has 0 aliphatic carbocycles. The fourth-order valence-corrected chi connectivity index (χ4v) is 3.12. The Hall–Kier alpha value is -0.850. The molecule has 2 aromatic rings. The molecule has 0 aromatic heterocycles. The summed E-state index contributed by atoms with van der Waals surface area (Å²) in [5.74, 6) is 0.384. The second kappa shape index (κ2) is 7.24. The van der Waals surface area contributed by atoms with Crippen molar-refractivity contribution in [1.29, 1.82) is 0 Å². The number of hydrogen-bond acceptors (Lipinski definition) is 2. The van der Waals surface area contributed by atoms with E-state index in [2.05, 4.69) is 53.1 Å². The minimum Gasteiger partial charge on any atom is -0.481 e. The van der Waals surface area contributed by atoms with Crippen LogP contribution in [0.15, 0.2) is 55.9 Å². The van der Waals surface area contributed by atoms with E-state index in [4.69, 9.17) is 4.74 Å². The average Bonchev–Trinajstić information content (AvgIpc) is 2.41. The lowest BCUT2D eigenvalue weighted by Crippen LogP contribution is -2.20. The molecular formula is C14H10Br3NO2. The molecule has 0 saturated carbocycles. The molecule has 0 fully saturated rings. The molecular weight excluding hydrogens is 454 g/mol. The van der Waals surface area contributed by atoms with Crippen LogP contribution in [0.3, 0.4) is 0 Å². The highest BCUT2D eigenvalue weighted by atomic mass is 79.9. The van der Waals surface area contributed by atoms with Crippen molar-refractivity contribution in [1.82, 2.24) is 0 Å². The second-order valence-electron chi connectivity index (χ2n) is 3.87. The second-order valence-corrected chi connectivity index (χ2v) is 6.43. The van der Waals surface area contributed by atoms with Crippen LogP contribution in [0.25, 0.3) is 0 Å². The van der Waals surface area contributed by atoms with E-state index in [9.17, 15) is 4.79 Å². The Labute approximate surface area is 142 Å². The molecule has 0 aliphatic heterocycles. The van der Waals surface area contributed by atoms with E-state index in [1.807, 2.05) is 42.5 Å². The number of hydrogen-bond donors (Lipinski definition) is 1. The standard InChI is InChI=1S/C14H10Br3NO2/c15-9-4-1-2-7-12(9)18-13(19)8-20-14-10(16)5-3-6-11(14)17/h1-7H,8H2,(H,18,19). The maximum absolute atomic E-state index is 11.9. The number of nitrogens with one attached hydrogen (secondary N) is 1. The van der Waals surface area contributed by atoms with Crippen LogP contribution in [0.1, 0.15) is 0 Å². The first kappa shape index (κ1) is 15.5. The highest BCUT2D eigenvalue weighted by molar-refractivity contribution is 9.11. The molecule has 2 rings (SSSR count). The summed E-state index contributed by atoms with van der Waals surface area (Å²) in [7, 11) is 0. The number of rotatable bonds is 4. The van der Waals surface area contributed by atoms with E-state index in [1.54, 1.807) is 0 Å². The van der Waals surface area contributed by atoms with Crippen LogP contribution < -0.4 is 10.1 Å². The summed E-state index contributed by atoms with van der Waals surface area (Å²) in [6.07, 6.45) is 0. The van der Waals surface area contributed by atoms with E-state index < -0.39 is 0 Å². The lowest BCUT2D eigenvalue weighted by atomic mass is 10.3. The van der Waals surface area contributed by atoms with Crippen molar-refractivity contribution >= 4 is 59.4 Å². The van der Waals surface area contributed by atoms with E-state index in [-0.39, 0.29) is 12.5 Å². The minimum absolute atomic E-state index is 0.0669. The SMILES string of the molecule is O=C(COc1c(Br)cccc1Br)Nc1ccccc1Br. The summed E-state index contributed by atoms with van der Waals surface area (Å²) >= 11 is 10.1. The third kappa shape index (κ3) is 4.07. The van der Waals surface area contributed by atoms with Crippen molar-refractivity contribution in [2.24, 2.45) is 0 Å². The van der Waals surface area contributed by atoms with Crippen LogP contribution in [0.2, 0.25) is 0 Å². The zero-order valence-electron chi connectivity index (χ0n) is 10.2. The summed E-state index contributed by atoms with van der Waals surface area (Å²) < 4.78 is 7.93. The summed E-state index contributed by atoms with van der Waals surface area (Å²) in [6.45, 7) is -0.0669. The molecule has 2 aromatic carbocycles. The molecule has 1 amide bonds. The maximum Gasteiger partial charge on any atom is 0.262 e. The fourth-order valence-electron chi connectivity index (χ4n) is 1.51. The first-order chi connectivity index (χ1) is 9.58. The number of anilines is 1. The molecule has 0 spiro atoms. The average molecular weight is 464 g/mol. The predicted octanol–water partition coefficient (Wildman–Crippen LogP) is 4.99. The fraction of sp³-hybridized carbons (Fsp3) is 0.0714. The van der Waals surface area contributed by atoms with Gasteiger partial charge in [-0.05, 0) is 72.1 Å². The van der Waals surface area contributed by atoms with Crippen molar-refractivity contribution in [3.05, 3.63) is 55.9 Å². The van der Waals surface area contributed by atoms with Crippen LogP contribution in [-0.2, 0) is 4.79 Å². The Bertz CT molecular complexity index is 611. The van der Waals surface area contributed by atoms with Gasteiger partial charge in [0, 0.05) is 4.47 Å². The van der Waals surface area contributed by atoms with Gasteiger partial charge < -0.3 is 10.1 Å². The first-order valence-corrected chi connectivity index (χ1v) is 8.07. The minimum atomic E-state index is -0.223. The number of ether oxygens (including phenoxy) is 1. The third-order valence-corrected chi connectivity index (χ3v) is 4.35. The summed E-state index contributed by atoms with van der Waals surface area (Å²) in [6, 6.07) is 13.0. The monoisotopic (exact) mass is 461 g/mol. The van der Waals surface area contributed by atoms with Gasteiger partial charge in [0.15, 0.2) is 6.61 Å². The van der Waals surface area contributed by atoms with Gasteiger partial charge in [0.25, 0.3) is 5.91 Å². The molecule has 20 heavy (non-hydrogen) atoms. The normalized spacial score (nSPS) is 10.2. The molecule has 104 valence electrons. The van der Waals surface area contributed by atoms with E-state index in [0.29, 0.717) is 11.4 Å². The lowest BCUT2D eigenvalue weighted by Gasteiger charge is -2.11. The molecule has 6 heteroatoms. The van der Waals surface area contributed by atoms with Crippen LogP contribution in [0.5, 0.6) is 5.75 Å². The van der Waals surface area contributed by atoms with E-state index in [0.717, 1.165) is 13.4 Å². The Morgan fingerprint density at radius 1 is 0.950 bits per heavy atom. The molecule has 0 unspecified atom stereocenters. The van der Waals surface area contributed by atoms with Crippen molar-refractivity contribution in [2.45, 2.75) is 0 Å². The van der Waals surface area contributed by atoms with E-state index in [1.165, 1.54) is 0 Å². The Kier molecular flexibility index (Phi) is 5.63. The lowest BCUT2D eigenvalue weighted by molar-refractivity contribution is -0.118. The number of para-hydroxylation sites is 2. The number of halogens is 3. The largest absolute Gasteiger partial charge is 0.481 e. The molecule has 0 radical (unpaired) electrons. The summed E-state index contributed by atoms with van der Waals surface area (Å²) in [5, 5.41) is 2.78. The highest BCUT2D eigenvalue weighted by Gasteiger charge is 2.10. The molecule has 0 bridgehead atoms. The predicted molar refractivity (Wildman–Crippen MR) is 90.1 cm³/mol. The first-order valence-electron chi connectivity index (χ1n) is 5.69. The maximum atomic E-state index is 11.9. The van der Waals surface area contributed by atoms with E-state index >= 15 is 0 Å². The van der Waals surface area contributed by atoms with Gasteiger partial charge in [0.05, 0.1) is 14.6 Å². The number of carbonyl (C=O) groups is 1. The number of amides is 1. The number of benzene rings is 2. The summed E-state index contributed by atoms with van der Waals surface area (Å²) in [4.78, 5) is 11.9. The molecule has 0 atom stereocenters. The van der Waals surface area contributed by atoms with Gasteiger partial charge in [-0.15, -0.1) is 0 Å². The van der Waals surface area contributed by atoms with Gasteiger partial charge in [-0.2, -0.15) is 0 Å². The van der Waals surface area contributed by atoms with Crippen LogP contribution >= 0.6 is 47.8 Å². The van der Waals surface area contributed by atoms with Crippen molar-refractivity contribution in [3.8, 4) is 5.75 Å².